The highest BCUT2D eigenvalue weighted by molar-refractivity contribution is 7.96. The highest BCUT2D eigenvalue weighted by Gasteiger charge is 2.03. The van der Waals surface area contributed by atoms with Crippen LogP contribution in [0.5, 0.6) is 0 Å². The Bertz CT molecular complexity index is 240. The standard InChI is InChI=1S/C7H8O2S/c1-5-6(2-3-9-5)4-7(8)10/h2-3H,4H2,1H3,(H,8,10). The van der Waals surface area contributed by atoms with Gasteiger partial charge in [-0.2, -0.15) is 0 Å². The van der Waals surface area contributed by atoms with Crippen LogP contribution in [0, 0.1) is 6.92 Å². The minimum atomic E-state index is -0.135. The van der Waals surface area contributed by atoms with Gasteiger partial charge >= 0.3 is 0 Å². The maximum absolute atomic E-state index is 10.5. The highest BCUT2D eigenvalue weighted by Crippen LogP contribution is 2.09. The summed E-state index contributed by atoms with van der Waals surface area (Å²) in [5, 5.41) is -0.135. The van der Waals surface area contributed by atoms with Gasteiger partial charge in [-0.15, -0.1) is 12.6 Å². The molecule has 0 saturated heterocycles. The van der Waals surface area contributed by atoms with Crippen LogP contribution in [-0.2, 0) is 11.2 Å². The molecular weight excluding hydrogens is 148 g/mol. The summed E-state index contributed by atoms with van der Waals surface area (Å²) in [5.41, 5.74) is 0.917. The van der Waals surface area contributed by atoms with Gasteiger partial charge in [-0.25, -0.2) is 0 Å². The fourth-order valence-electron chi connectivity index (χ4n) is 0.758. The molecule has 0 bridgehead atoms. The molecule has 0 amide bonds. The maximum atomic E-state index is 10.5. The molecule has 0 aliphatic rings. The molecule has 1 aromatic rings. The van der Waals surface area contributed by atoms with Gasteiger partial charge in [-0.1, -0.05) is 0 Å². The van der Waals surface area contributed by atoms with Crippen LogP contribution >= 0.6 is 12.6 Å². The fourth-order valence-corrected chi connectivity index (χ4v) is 0.928. The van der Waals surface area contributed by atoms with E-state index >= 15 is 0 Å². The lowest BCUT2D eigenvalue weighted by Crippen LogP contribution is -1.92. The highest BCUT2D eigenvalue weighted by atomic mass is 32.1. The Labute approximate surface area is 64.6 Å². The van der Waals surface area contributed by atoms with Crippen molar-refractivity contribution in [1.29, 1.82) is 0 Å². The Morgan fingerprint density at radius 2 is 2.50 bits per heavy atom. The van der Waals surface area contributed by atoms with Crippen LogP contribution in [0.2, 0.25) is 0 Å². The zero-order valence-electron chi connectivity index (χ0n) is 5.63. The molecule has 3 heteroatoms. The summed E-state index contributed by atoms with van der Waals surface area (Å²) in [6.07, 6.45) is 1.92. The number of aryl methyl sites for hydroxylation is 1. The number of rotatable bonds is 2. The van der Waals surface area contributed by atoms with Crippen molar-refractivity contribution in [1.82, 2.24) is 0 Å². The van der Waals surface area contributed by atoms with Gasteiger partial charge in [0.15, 0.2) is 5.12 Å². The first-order chi connectivity index (χ1) is 4.70. The lowest BCUT2D eigenvalue weighted by Gasteiger charge is -1.90. The van der Waals surface area contributed by atoms with E-state index in [1.54, 1.807) is 12.3 Å². The summed E-state index contributed by atoms with van der Waals surface area (Å²) in [5.74, 6) is 0.794. The first-order valence-corrected chi connectivity index (χ1v) is 3.39. The van der Waals surface area contributed by atoms with Gasteiger partial charge in [0.25, 0.3) is 0 Å². The zero-order chi connectivity index (χ0) is 7.56. The first kappa shape index (κ1) is 7.41. The van der Waals surface area contributed by atoms with Gasteiger partial charge in [0.1, 0.15) is 5.76 Å². The second kappa shape index (κ2) is 2.92. The molecule has 0 spiro atoms. The number of carbonyl (C=O) groups is 1. The molecule has 0 unspecified atom stereocenters. The maximum Gasteiger partial charge on any atom is 0.190 e. The van der Waals surface area contributed by atoms with Crippen molar-refractivity contribution < 1.29 is 9.21 Å². The van der Waals surface area contributed by atoms with E-state index in [1.807, 2.05) is 6.92 Å². The number of thiol groups is 1. The van der Waals surface area contributed by atoms with Crippen molar-refractivity contribution in [2.45, 2.75) is 13.3 Å². The summed E-state index contributed by atoms with van der Waals surface area (Å²) in [6.45, 7) is 1.83. The Kier molecular flexibility index (Phi) is 2.17. The van der Waals surface area contributed by atoms with E-state index < -0.39 is 0 Å². The van der Waals surface area contributed by atoms with Crippen LogP contribution in [0.1, 0.15) is 11.3 Å². The largest absolute Gasteiger partial charge is 0.469 e. The minimum Gasteiger partial charge on any atom is -0.469 e. The third-order valence-corrected chi connectivity index (χ3v) is 1.47. The Balaban J connectivity index is 2.74. The van der Waals surface area contributed by atoms with E-state index in [0.717, 1.165) is 11.3 Å². The van der Waals surface area contributed by atoms with Gasteiger partial charge < -0.3 is 4.42 Å². The van der Waals surface area contributed by atoms with Crippen molar-refractivity contribution >= 4 is 17.7 Å². The first-order valence-electron chi connectivity index (χ1n) is 2.95. The molecule has 0 fully saturated rings. The quantitative estimate of drug-likeness (QED) is 0.659. The molecule has 0 saturated carbocycles. The SMILES string of the molecule is Cc1occc1CC(=O)S. The molecule has 1 rings (SSSR count). The van der Waals surface area contributed by atoms with Crippen LogP contribution < -0.4 is 0 Å². The molecule has 0 N–H and O–H groups in total. The van der Waals surface area contributed by atoms with Crippen molar-refractivity contribution in [3.63, 3.8) is 0 Å². The van der Waals surface area contributed by atoms with E-state index in [0.29, 0.717) is 6.42 Å². The fraction of sp³-hybridized carbons (Fsp3) is 0.286. The molecule has 0 radical (unpaired) electrons. The normalized spacial score (nSPS) is 9.80. The van der Waals surface area contributed by atoms with Crippen molar-refractivity contribution in [3.05, 3.63) is 23.7 Å². The van der Waals surface area contributed by atoms with E-state index in [-0.39, 0.29) is 5.12 Å². The number of carbonyl (C=O) groups excluding carboxylic acids is 1. The van der Waals surface area contributed by atoms with Crippen LogP contribution in [0.3, 0.4) is 0 Å². The van der Waals surface area contributed by atoms with Gasteiger partial charge in [0.05, 0.1) is 6.26 Å². The molecule has 0 aromatic carbocycles. The van der Waals surface area contributed by atoms with Crippen molar-refractivity contribution in [2.75, 3.05) is 0 Å². The number of furan rings is 1. The zero-order valence-corrected chi connectivity index (χ0v) is 6.52. The van der Waals surface area contributed by atoms with E-state index in [1.165, 1.54) is 0 Å². The number of hydrogen-bond donors (Lipinski definition) is 1. The topological polar surface area (TPSA) is 30.2 Å². The van der Waals surface area contributed by atoms with Crippen LogP contribution in [-0.4, -0.2) is 5.12 Å². The smallest absolute Gasteiger partial charge is 0.190 e. The number of hydrogen-bond acceptors (Lipinski definition) is 2. The molecule has 54 valence electrons. The second-order valence-electron chi connectivity index (χ2n) is 2.07. The Hall–Kier alpha value is -0.700. The summed E-state index contributed by atoms with van der Waals surface area (Å²) in [6, 6.07) is 1.78. The van der Waals surface area contributed by atoms with Crippen molar-refractivity contribution in [3.8, 4) is 0 Å². The molecular formula is C7H8O2S. The summed E-state index contributed by atoms with van der Waals surface area (Å²) < 4.78 is 4.98. The van der Waals surface area contributed by atoms with Crippen LogP contribution in [0.4, 0.5) is 0 Å². The molecule has 0 aliphatic carbocycles. The predicted octanol–water partition coefficient (Wildman–Crippen LogP) is 1.59. The molecule has 1 aromatic heterocycles. The molecule has 10 heavy (non-hydrogen) atoms. The molecule has 0 atom stereocenters. The summed E-state index contributed by atoms with van der Waals surface area (Å²) in [4.78, 5) is 10.5. The van der Waals surface area contributed by atoms with E-state index in [4.69, 9.17) is 4.42 Å². The van der Waals surface area contributed by atoms with Crippen LogP contribution in [0.25, 0.3) is 0 Å². The lowest BCUT2D eigenvalue weighted by atomic mass is 10.2. The third-order valence-electron chi connectivity index (χ3n) is 1.31. The molecule has 1 heterocycles. The Morgan fingerprint density at radius 1 is 1.80 bits per heavy atom. The van der Waals surface area contributed by atoms with Gasteiger partial charge in [0.2, 0.25) is 0 Å². The van der Waals surface area contributed by atoms with Gasteiger partial charge in [0, 0.05) is 12.0 Å². The monoisotopic (exact) mass is 156 g/mol. The minimum absolute atomic E-state index is 0.135. The second-order valence-corrected chi connectivity index (χ2v) is 2.57. The Morgan fingerprint density at radius 3 is 2.90 bits per heavy atom. The third kappa shape index (κ3) is 1.64. The average Bonchev–Trinajstić information content (AvgIpc) is 2.15. The predicted molar refractivity (Wildman–Crippen MR) is 41.1 cm³/mol. The molecule has 0 aliphatic heterocycles. The van der Waals surface area contributed by atoms with Gasteiger partial charge in [-0.3, -0.25) is 4.79 Å². The van der Waals surface area contributed by atoms with Crippen molar-refractivity contribution in [2.24, 2.45) is 0 Å². The average molecular weight is 156 g/mol. The van der Waals surface area contributed by atoms with Gasteiger partial charge in [-0.05, 0) is 13.0 Å². The van der Waals surface area contributed by atoms with E-state index in [9.17, 15) is 4.79 Å². The summed E-state index contributed by atoms with van der Waals surface area (Å²) in [7, 11) is 0. The summed E-state index contributed by atoms with van der Waals surface area (Å²) >= 11 is 3.65. The van der Waals surface area contributed by atoms with Crippen LogP contribution in [0.15, 0.2) is 16.7 Å². The molecule has 2 nitrogen and oxygen atoms in total. The van der Waals surface area contributed by atoms with E-state index in [2.05, 4.69) is 12.6 Å². The lowest BCUT2D eigenvalue weighted by molar-refractivity contribution is -0.110.